The van der Waals surface area contributed by atoms with Crippen LogP contribution in [0.25, 0.3) is 5.57 Å². The maximum atomic E-state index is 4.19. The summed E-state index contributed by atoms with van der Waals surface area (Å²) in [4.78, 5) is 4.19. The predicted octanol–water partition coefficient (Wildman–Crippen LogP) is 3.11. The number of allylic oxidation sites excluding steroid dienone is 1. The van der Waals surface area contributed by atoms with E-state index in [1.54, 1.807) is 0 Å². The summed E-state index contributed by atoms with van der Waals surface area (Å²) in [6, 6.07) is 8.79. The van der Waals surface area contributed by atoms with E-state index in [2.05, 4.69) is 42.3 Å². The molecular formula is C13H15N. The van der Waals surface area contributed by atoms with Gasteiger partial charge < -0.3 is 0 Å². The van der Waals surface area contributed by atoms with Crippen LogP contribution in [0, 0.1) is 0 Å². The summed E-state index contributed by atoms with van der Waals surface area (Å²) in [5.74, 6) is 0. The number of hydrogen-bond donors (Lipinski definition) is 0. The lowest BCUT2D eigenvalue weighted by molar-refractivity contribution is 1.13. The van der Waals surface area contributed by atoms with Gasteiger partial charge >= 0.3 is 0 Å². The summed E-state index contributed by atoms with van der Waals surface area (Å²) in [7, 11) is 0. The van der Waals surface area contributed by atoms with E-state index in [0.29, 0.717) is 0 Å². The highest BCUT2D eigenvalue weighted by Crippen LogP contribution is 2.20. The third kappa shape index (κ3) is 1.92. The minimum absolute atomic E-state index is 0.839. The van der Waals surface area contributed by atoms with Gasteiger partial charge in [0.15, 0.2) is 0 Å². The molecule has 72 valence electrons. The van der Waals surface area contributed by atoms with Gasteiger partial charge in [-0.05, 0) is 23.1 Å². The first-order valence-corrected chi connectivity index (χ1v) is 5.17. The molecule has 1 aromatic carbocycles. The molecule has 0 saturated heterocycles. The van der Waals surface area contributed by atoms with Crippen LogP contribution in [-0.2, 0) is 6.42 Å². The first-order valence-electron chi connectivity index (χ1n) is 5.17. The second kappa shape index (κ2) is 4.23. The summed E-state index contributed by atoms with van der Waals surface area (Å²) in [5.41, 5.74) is 4.18. The normalized spacial score (nSPS) is 15.4. The Morgan fingerprint density at radius 1 is 1.36 bits per heavy atom. The number of benzene rings is 1. The fraction of sp³-hybridized carbons (Fsp3) is 0.308. The maximum Gasteiger partial charge on any atom is 0.0572 e. The lowest BCUT2D eigenvalue weighted by Crippen LogP contribution is -1.94. The van der Waals surface area contributed by atoms with Crippen molar-refractivity contribution >= 4 is 11.8 Å². The zero-order valence-electron chi connectivity index (χ0n) is 8.53. The minimum Gasteiger partial charge on any atom is -0.293 e. The van der Waals surface area contributed by atoms with Crippen molar-refractivity contribution in [1.29, 1.82) is 0 Å². The molecule has 0 atom stereocenters. The standard InChI is InChI=1S/C13H15N/c1-2-11-4-3-5-13(10-11)12-6-8-14-9-7-12/h3-6,9-10H,2,7-8H2,1H3. The number of dihydropyridines is 1. The molecule has 0 aromatic heterocycles. The molecule has 1 aliphatic heterocycles. The summed E-state index contributed by atoms with van der Waals surface area (Å²) < 4.78 is 0. The van der Waals surface area contributed by atoms with E-state index in [9.17, 15) is 0 Å². The van der Waals surface area contributed by atoms with Gasteiger partial charge in [0.05, 0.1) is 6.54 Å². The topological polar surface area (TPSA) is 12.4 Å². The Morgan fingerprint density at radius 2 is 2.29 bits per heavy atom. The van der Waals surface area contributed by atoms with Crippen molar-refractivity contribution in [2.75, 3.05) is 6.54 Å². The lowest BCUT2D eigenvalue weighted by Gasteiger charge is -2.09. The Morgan fingerprint density at radius 3 is 3.00 bits per heavy atom. The minimum atomic E-state index is 0.839. The second-order valence-corrected chi connectivity index (χ2v) is 3.54. The van der Waals surface area contributed by atoms with E-state index in [1.807, 2.05) is 6.21 Å². The zero-order chi connectivity index (χ0) is 9.80. The van der Waals surface area contributed by atoms with Crippen molar-refractivity contribution < 1.29 is 0 Å². The summed E-state index contributed by atoms with van der Waals surface area (Å²) in [6.07, 6.45) is 6.31. The Balaban J connectivity index is 2.27. The van der Waals surface area contributed by atoms with Crippen LogP contribution in [0.15, 0.2) is 35.3 Å². The monoisotopic (exact) mass is 185 g/mol. The highest BCUT2D eigenvalue weighted by Gasteiger charge is 2.02. The number of aliphatic imine (C=N–C) groups is 1. The van der Waals surface area contributed by atoms with Crippen LogP contribution in [0.5, 0.6) is 0 Å². The van der Waals surface area contributed by atoms with Gasteiger partial charge in [0, 0.05) is 12.6 Å². The van der Waals surface area contributed by atoms with E-state index in [0.717, 1.165) is 19.4 Å². The number of hydrogen-bond acceptors (Lipinski definition) is 1. The molecule has 1 nitrogen and oxygen atoms in total. The van der Waals surface area contributed by atoms with E-state index in [4.69, 9.17) is 0 Å². The Kier molecular flexibility index (Phi) is 2.78. The molecule has 0 fully saturated rings. The Hall–Kier alpha value is -1.37. The van der Waals surface area contributed by atoms with Gasteiger partial charge in [-0.1, -0.05) is 37.3 Å². The molecule has 14 heavy (non-hydrogen) atoms. The lowest BCUT2D eigenvalue weighted by atomic mass is 9.99. The summed E-state index contributed by atoms with van der Waals surface area (Å²) in [5, 5.41) is 0. The molecule has 0 radical (unpaired) electrons. The molecule has 1 heteroatoms. The van der Waals surface area contributed by atoms with Crippen LogP contribution < -0.4 is 0 Å². The van der Waals surface area contributed by atoms with E-state index in [1.165, 1.54) is 16.7 Å². The van der Waals surface area contributed by atoms with E-state index >= 15 is 0 Å². The molecule has 0 aliphatic carbocycles. The highest BCUT2D eigenvalue weighted by atomic mass is 14.7. The number of nitrogens with zero attached hydrogens (tertiary/aromatic N) is 1. The molecule has 1 heterocycles. The third-order valence-corrected chi connectivity index (χ3v) is 2.59. The number of rotatable bonds is 2. The summed E-state index contributed by atoms with van der Waals surface area (Å²) in [6.45, 7) is 3.03. The summed E-state index contributed by atoms with van der Waals surface area (Å²) >= 11 is 0. The Bertz CT molecular complexity index is 375. The van der Waals surface area contributed by atoms with Gasteiger partial charge in [0.1, 0.15) is 0 Å². The van der Waals surface area contributed by atoms with Crippen molar-refractivity contribution in [2.45, 2.75) is 19.8 Å². The molecule has 0 bridgehead atoms. The smallest absolute Gasteiger partial charge is 0.0572 e. The molecule has 0 N–H and O–H groups in total. The van der Waals surface area contributed by atoms with Crippen LogP contribution in [-0.4, -0.2) is 12.8 Å². The average Bonchev–Trinajstić information content (AvgIpc) is 2.30. The zero-order valence-corrected chi connectivity index (χ0v) is 8.53. The van der Waals surface area contributed by atoms with Crippen molar-refractivity contribution in [3.63, 3.8) is 0 Å². The maximum absolute atomic E-state index is 4.19. The van der Waals surface area contributed by atoms with Crippen molar-refractivity contribution in [1.82, 2.24) is 0 Å². The molecule has 2 rings (SSSR count). The molecule has 1 aromatic rings. The average molecular weight is 185 g/mol. The molecular weight excluding hydrogens is 170 g/mol. The van der Waals surface area contributed by atoms with Crippen molar-refractivity contribution in [3.05, 3.63) is 41.5 Å². The van der Waals surface area contributed by atoms with Gasteiger partial charge in [-0.15, -0.1) is 0 Å². The van der Waals surface area contributed by atoms with Crippen LogP contribution in [0.4, 0.5) is 0 Å². The van der Waals surface area contributed by atoms with Gasteiger partial charge in [0.25, 0.3) is 0 Å². The van der Waals surface area contributed by atoms with Crippen LogP contribution in [0.2, 0.25) is 0 Å². The first-order chi connectivity index (χ1) is 6.90. The predicted molar refractivity (Wildman–Crippen MR) is 61.8 cm³/mol. The highest BCUT2D eigenvalue weighted by molar-refractivity contribution is 5.81. The molecule has 0 spiro atoms. The van der Waals surface area contributed by atoms with E-state index < -0.39 is 0 Å². The first kappa shape index (κ1) is 9.20. The van der Waals surface area contributed by atoms with Crippen LogP contribution >= 0.6 is 0 Å². The van der Waals surface area contributed by atoms with Gasteiger partial charge in [-0.25, -0.2) is 0 Å². The number of aryl methyl sites for hydroxylation is 1. The van der Waals surface area contributed by atoms with Gasteiger partial charge in [0.2, 0.25) is 0 Å². The van der Waals surface area contributed by atoms with Gasteiger partial charge in [-0.3, -0.25) is 4.99 Å². The quantitative estimate of drug-likeness (QED) is 0.671. The van der Waals surface area contributed by atoms with Crippen molar-refractivity contribution in [2.24, 2.45) is 4.99 Å². The molecule has 0 unspecified atom stereocenters. The van der Waals surface area contributed by atoms with Gasteiger partial charge in [-0.2, -0.15) is 0 Å². The van der Waals surface area contributed by atoms with E-state index in [-0.39, 0.29) is 0 Å². The second-order valence-electron chi connectivity index (χ2n) is 3.54. The SMILES string of the molecule is CCc1cccc(C2=CCN=CC2)c1. The Labute approximate surface area is 85.2 Å². The van der Waals surface area contributed by atoms with Crippen molar-refractivity contribution in [3.8, 4) is 0 Å². The van der Waals surface area contributed by atoms with Crippen LogP contribution in [0.1, 0.15) is 24.5 Å². The molecule has 0 amide bonds. The van der Waals surface area contributed by atoms with Crippen LogP contribution in [0.3, 0.4) is 0 Å². The molecule has 1 aliphatic rings. The fourth-order valence-corrected chi connectivity index (χ4v) is 1.71. The molecule has 0 saturated carbocycles. The third-order valence-electron chi connectivity index (χ3n) is 2.59. The largest absolute Gasteiger partial charge is 0.293 e. The fourth-order valence-electron chi connectivity index (χ4n) is 1.71.